The fraction of sp³-hybridized carbons (Fsp3) is 0.222. The average Bonchev–Trinajstić information content (AvgIpc) is 2.87. The van der Waals surface area contributed by atoms with Crippen LogP contribution in [0.3, 0.4) is 0 Å². The lowest BCUT2D eigenvalue weighted by atomic mass is 9.98. The quantitative estimate of drug-likeness (QED) is 0.942. The minimum Gasteiger partial charge on any atom is -0.449 e. The molecule has 0 aromatic heterocycles. The van der Waals surface area contributed by atoms with Gasteiger partial charge < -0.3 is 10.1 Å². The summed E-state index contributed by atoms with van der Waals surface area (Å²) in [6.45, 7) is 1.87. The van der Waals surface area contributed by atoms with Crippen molar-refractivity contribution < 1.29 is 9.53 Å². The average molecular weight is 292 g/mol. The lowest BCUT2D eigenvalue weighted by molar-refractivity contribution is 0.141. The summed E-state index contributed by atoms with van der Waals surface area (Å²) in [6, 6.07) is 17.7. The number of amides is 1. The van der Waals surface area contributed by atoms with Crippen molar-refractivity contribution in [2.75, 3.05) is 6.61 Å². The van der Waals surface area contributed by atoms with Crippen LogP contribution >= 0.6 is 0 Å². The van der Waals surface area contributed by atoms with E-state index in [1.165, 1.54) is 22.3 Å². The van der Waals surface area contributed by atoms with Gasteiger partial charge in [0.05, 0.1) is 6.07 Å². The summed E-state index contributed by atoms with van der Waals surface area (Å²) in [6.07, 6.45) is -0.559. The highest BCUT2D eigenvalue weighted by Crippen LogP contribution is 2.44. The van der Waals surface area contributed by atoms with Crippen molar-refractivity contribution in [3.8, 4) is 17.2 Å². The minimum absolute atomic E-state index is 0.0375. The van der Waals surface area contributed by atoms with E-state index in [1.807, 2.05) is 30.3 Å². The van der Waals surface area contributed by atoms with Gasteiger partial charge in [0.1, 0.15) is 12.6 Å². The Bertz CT molecular complexity index is 703. The van der Waals surface area contributed by atoms with E-state index in [-0.39, 0.29) is 12.5 Å². The largest absolute Gasteiger partial charge is 0.449 e. The standard InChI is InChI=1S/C18H16N2O2/c1-12(10-19)20-18(21)22-11-17-15-8-4-2-6-13(15)14-7-3-5-9-16(14)17/h2-9,12,17H,11H2,1H3,(H,20,21)/t12-/m0/s1. The molecule has 0 bridgehead atoms. The van der Waals surface area contributed by atoms with E-state index in [2.05, 4.69) is 29.6 Å². The maximum atomic E-state index is 11.7. The van der Waals surface area contributed by atoms with Crippen LogP contribution in [0.2, 0.25) is 0 Å². The number of nitrogens with zero attached hydrogens (tertiary/aromatic N) is 1. The van der Waals surface area contributed by atoms with Gasteiger partial charge in [-0.2, -0.15) is 5.26 Å². The van der Waals surface area contributed by atoms with Crippen LogP contribution in [-0.2, 0) is 4.74 Å². The summed E-state index contributed by atoms with van der Waals surface area (Å²) >= 11 is 0. The van der Waals surface area contributed by atoms with Crippen LogP contribution in [0.5, 0.6) is 0 Å². The first-order valence-corrected chi connectivity index (χ1v) is 7.22. The lowest BCUT2D eigenvalue weighted by Gasteiger charge is -2.15. The number of benzene rings is 2. The van der Waals surface area contributed by atoms with Crippen LogP contribution in [0.25, 0.3) is 11.1 Å². The highest BCUT2D eigenvalue weighted by molar-refractivity contribution is 5.79. The molecule has 0 fully saturated rings. The van der Waals surface area contributed by atoms with Crippen molar-refractivity contribution in [1.82, 2.24) is 5.32 Å². The van der Waals surface area contributed by atoms with Gasteiger partial charge in [-0.05, 0) is 29.2 Å². The van der Waals surface area contributed by atoms with Crippen LogP contribution in [0.15, 0.2) is 48.5 Å². The van der Waals surface area contributed by atoms with Crippen LogP contribution < -0.4 is 5.32 Å². The summed E-state index contributed by atoms with van der Waals surface area (Å²) in [5.74, 6) is 0.0375. The molecule has 0 saturated heterocycles. The number of hydrogen-bond acceptors (Lipinski definition) is 3. The molecule has 2 aromatic rings. The van der Waals surface area contributed by atoms with Gasteiger partial charge >= 0.3 is 6.09 Å². The molecule has 0 heterocycles. The van der Waals surface area contributed by atoms with Crippen molar-refractivity contribution in [2.45, 2.75) is 18.9 Å². The number of nitrogens with one attached hydrogen (secondary N) is 1. The molecule has 1 amide bonds. The fourth-order valence-corrected chi connectivity index (χ4v) is 2.85. The second-order valence-electron chi connectivity index (χ2n) is 5.32. The number of carbonyl (C=O) groups is 1. The van der Waals surface area contributed by atoms with Gasteiger partial charge in [-0.15, -0.1) is 0 Å². The first-order valence-electron chi connectivity index (χ1n) is 7.22. The van der Waals surface area contributed by atoms with Crippen molar-refractivity contribution in [2.24, 2.45) is 0 Å². The molecular formula is C18H16N2O2. The number of fused-ring (bicyclic) bond motifs is 3. The Hall–Kier alpha value is -2.80. The molecule has 0 saturated carbocycles. The summed E-state index contributed by atoms with van der Waals surface area (Å²) in [5.41, 5.74) is 4.73. The molecule has 0 spiro atoms. The number of nitriles is 1. The number of rotatable bonds is 3. The molecule has 0 radical (unpaired) electrons. The van der Waals surface area contributed by atoms with Crippen LogP contribution in [0.4, 0.5) is 4.79 Å². The second kappa shape index (κ2) is 5.90. The van der Waals surface area contributed by atoms with E-state index >= 15 is 0 Å². The van der Waals surface area contributed by atoms with Gasteiger partial charge in [0, 0.05) is 5.92 Å². The smallest absolute Gasteiger partial charge is 0.408 e. The molecular weight excluding hydrogens is 276 g/mol. The van der Waals surface area contributed by atoms with Gasteiger partial charge in [0.25, 0.3) is 0 Å². The summed E-state index contributed by atoms with van der Waals surface area (Å²) in [7, 11) is 0. The zero-order chi connectivity index (χ0) is 15.5. The van der Waals surface area contributed by atoms with Gasteiger partial charge in [-0.25, -0.2) is 4.79 Å². The maximum absolute atomic E-state index is 11.7. The summed E-state index contributed by atoms with van der Waals surface area (Å²) < 4.78 is 5.31. The third-order valence-electron chi connectivity index (χ3n) is 3.87. The molecule has 4 nitrogen and oxygen atoms in total. The monoisotopic (exact) mass is 292 g/mol. The SMILES string of the molecule is C[C@@H](C#N)NC(=O)OCC1c2ccccc2-c2ccccc21. The lowest BCUT2D eigenvalue weighted by Crippen LogP contribution is -2.32. The molecule has 1 atom stereocenters. The molecule has 110 valence electrons. The summed E-state index contributed by atoms with van der Waals surface area (Å²) in [5, 5.41) is 11.2. The van der Waals surface area contributed by atoms with Crippen molar-refractivity contribution >= 4 is 6.09 Å². The van der Waals surface area contributed by atoms with Crippen molar-refractivity contribution in [1.29, 1.82) is 5.26 Å². The normalized spacial score (nSPS) is 13.6. The highest BCUT2D eigenvalue weighted by Gasteiger charge is 2.29. The third kappa shape index (κ3) is 2.53. The topological polar surface area (TPSA) is 62.1 Å². The van der Waals surface area contributed by atoms with E-state index in [1.54, 1.807) is 6.92 Å². The Kier molecular flexibility index (Phi) is 3.80. The number of ether oxygens (including phenoxy) is 1. The van der Waals surface area contributed by atoms with Gasteiger partial charge in [0.15, 0.2) is 0 Å². The number of carbonyl (C=O) groups excluding carboxylic acids is 1. The van der Waals surface area contributed by atoms with Crippen LogP contribution in [0, 0.1) is 11.3 Å². The van der Waals surface area contributed by atoms with Gasteiger partial charge in [0.2, 0.25) is 0 Å². The predicted molar refractivity (Wildman–Crippen MR) is 83.3 cm³/mol. The minimum atomic E-state index is -0.560. The number of hydrogen-bond donors (Lipinski definition) is 1. The van der Waals surface area contributed by atoms with E-state index < -0.39 is 12.1 Å². The first-order chi connectivity index (χ1) is 10.7. The zero-order valence-electron chi connectivity index (χ0n) is 12.2. The molecule has 4 heteroatoms. The molecule has 1 aliphatic carbocycles. The molecule has 1 aliphatic rings. The van der Waals surface area contributed by atoms with E-state index in [9.17, 15) is 4.79 Å². The Morgan fingerprint density at radius 3 is 2.27 bits per heavy atom. The van der Waals surface area contributed by atoms with Crippen molar-refractivity contribution in [3.05, 3.63) is 59.7 Å². The molecule has 0 aliphatic heterocycles. The molecule has 0 unspecified atom stereocenters. The van der Waals surface area contributed by atoms with E-state index in [4.69, 9.17) is 10.00 Å². The second-order valence-corrected chi connectivity index (χ2v) is 5.32. The predicted octanol–water partition coefficient (Wildman–Crippen LogP) is 3.44. The van der Waals surface area contributed by atoms with E-state index in [0.717, 1.165) is 0 Å². The summed E-state index contributed by atoms with van der Waals surface area (Å²) in [4.78, 5) is 11.7. The molecule has 3 rings (SSSR count). The molecule has 2 aromatic carbocycles. The number of alkyl carbamates (subject to hydrolysis) is 1. The zero-order valence-corrected chi connectivity index (χ0v) is 12.2. The van der Waals surface area contributed by atoms with Crippen LogP contribution in [-0.4, -0.2) is 18.7 Å². The Labute approximate surface area is 129 Å². The van der Waals surface area contributed by atoms with Crippen molar-refractivity contribution in [3.63, 3.8) is 0 Å². The third-order valence-corrected chi connectivity index (χ3v) is 3.87. The maximum Gasteiger partial charge on any atom is 0.408 e. The fourth-order valence-electron chi connectivity index (χ4n) is 2.85. The first kappa shape index (κ1) is 14.2. The van der Waals surface area contributed by atoms with E-state index in [0.29, 0.717) is 0 Å². The van der Waals surface area contributed by atoms with Gasteiger partial charge in [-0.1, -0.05) is 48.5 Å². The molecule has 1 N–H and O–H groups in total. The van der Waals surface area contributed by atoms with Gasteiger partial charge in [-0.3, -0.25) is 0 Å². The van der Waals surface area contributed by atoms with Crippen LogP contribution in [0.1, 0.15) is 24.0 Å². The Morgan fingerprint density at radius 2 is 1.73 bits per heavy atom. The Balaban J connectivity index is 1.80. The highest BCUT2D eigenvalue weighted by atomic mass is 16.5. The Morgan fingerprint density at radius 1 is 1.18 bits per heavy atom. The molecule has 22 heavy (non-hydrogen) atoms.